The average molecular weight is 213 g/mol. The van der Waals surface area contributed by atoms with E-state index in [0.717, 1.165) is 31.9 Å². The lowest BCUT2D eigenvalue weighted by Crippen LogP contribution is -2.35. The van der Waals surface area contributed by atoms with Crippen molar-refractivity contribution in [2.45, 2.75) is 25.7 Å². The number of rotatable bonds is 6. The van der Waals surface area contributed by atoms with Crippen LogP contribution < -0.4 is 5.73 Å². The largest absolute Gasteiger partial charge is 0.388 e. The van der Waals surface area contributed by atoms with Crippen LogP contribution >= 0.6 is 0 Å². The highest BCUT2D eigenvalue weighted by Gasteiger charge is 2.18. The van der Waals surface area contributed by atoms with Crippen molar-refractivity contribution in [2.75, 3.05) is 33.4 Å². The van der Waals surface area contributed by atoms with Crippen molar-refractivity contribution in [2.24, 2.45) is 11.7 Å². The van der Waals surface area contributed by atoms with Crippen LogP contribution in [-0.2, 0) is 4.74 Å². The van der Waals surface area contributed by atoms with E-state index in [4.69, 9.17) is 15.9 Å². The van der Waals surface area contributed by atoms with Crippen LogP contribution in [0.15, 0.2) is 0 Å². The number of hydrogen-bond acceptors (Lipinski definition) is 3. The van der Waals surface area contributed by atoms with Crippen LogP contribution in [0.2, 0.25) is 0 Å². The molecular weight excluding hydrogens is 190 g/mol. The molecule has 4 heteroatoms. The van der Waals surface area contributed by atoms with Crippen molar-refractivity contribution >= 4 is 5.84 Å². The molecule has 3 N–H and O–H groups in total. The summed E-state index contributed by atoms with van der Waals surface area (Å²) in [5.41, 5.74) is 5.32. The maximum Gasteiger partial charge on any atom is 0.0905 e. The Morgan fingerprint density at radius 1 is 1.47 bits per heavy atom. The van der Waals surface area contributed by atoms with Crippen molar-refractivity contribution < 1.29 is 4.74 Å². The van der Waals surface area contributed by atoms with Gasteiger partial charge in [-0.05, 0) is 44.8 Å². The predicted octanol–water partition coefficient (Wildman–Crippen LogP) is 1.06. The van der Waals surface area contributed by atoms with E-state index in [1.165, 1.54) is 25.9 Å². The van der Waals surface area contributed by atoms with E-state index in [1.807, 2.05) is 0 Å². The summed E-state index contributed by atoms with van der Waals surface area (Å²) >= 11 is 0. The number of nitrogens with two attached hydrogens (primary N) is 1. The van der Waals surface area contributed by atoms with Crippen LogP contribution in [0, 0.1) is 11.3 Å². The van der Waals surface area contributed by atoms with E-state index in [1.54, 1.807) is 7.11 Å². The third-order valence-corrected chi connectivity index (χ3v) is 3.03. The summed E-state index contributed by atoms with van der Waals surface area (Å²) in [6.07, 6.45) is 4.24. The standard InChI is InChI=1S/C11H23N3O/c1-15-9-10-4-7-14(8-5-10)6-2-3-11(12)13/h10H,2-9H2,1H3,(H3,12,13). The van der Waals surface area contributed by atoms with E-state index < -0.39 is 0 Å². The van der Waals surface area contributed by atoms with Gasteiger partial charge in [0.25, 0.3) is 0 Å². The number of nitrogens with zero attached hydrogens (tertiary/aromatic N) is 1. The smallest absolute Gasteiger partial charge is 0.0905 e. The lowest BCUT2D eigenvalue weighted by atomic mass is 9.97. The first kappa shape index (κ1) is 12.5. The maximum absolute atomic E-state index is 7.14. The zero-order valence-electron chi connectivity index (χ0n) is 9.67. The average Bonchev–Trinajstić information content (AvgIpc) is 2.20. The van der Waals surface area contributed by atoms with Gasteiger partial charge in [-0.1, -0.05) is 0 Å². The zero-order valence-corrected chi connectivity index (χ0v) is 9.67. The number of methoxy groups -OCH3 is 1. The molecule has 0 amide bonds. The Kier molecular flexibility index (Phi) is 5.65. The highest BCUT2D eigenvalue weighted by molar-refractivity contribution is 5.76. The number of ether oxygens (including phenoxy) is 1. The maximum atomic E-state index is 7.14. The lowest BCUT2D eigenvalue weighted by molar-refractivity contribution is 0.0993. The monoisotopic (exact) mass is 213 g/mol. The molecular formula is C11H23N3O. The molecule has 1 saturated heterocycles. The molecule has 1 rings (SSSR count). The molecule has 1 heterocycles. The fourth-order valence-corrected chi connectivity index (χ4v) is 2.11. The Balaban J connectivity index is 2.06. The van der Waals surface area contributed by atoms with Gasteiger partial charge in [-0.25, -0.2) is 0 Å². The first-order valence-corrected chi connectivity index (χ1v) is 5.76. The first-order valence-electron chi connectivity index (χ1n) is 5.76. The minimum atomic E-state index is 0.310. The Bertz CT molecular complexity index is 188. The third-order valence-electron chi connectivity index (χ3n) is 3.03. The minimum Gasteiger partial charge on any atom is -0.388 e. The van der Waals surface area contributed by atoms with Crippen LogP contribution in [0.4, 0.5) is 0 Å². The molecule has 0 bridgehead atoms. The SMILES string of the molecule is COCC1CCN(CCCC(=N)N)CC1. The minimum absolute atomic E-state index is 0.310. The zero-order chi connectivity index (χ0) is 11.1. The van der Waals surface area contributed by atoms with Gasteiger partial charge in [0.05, 0.1) is 5.84 Å². The molecule has 0 atom stereocenters. The molecule has 0 aromatic heterocycles. The number of hydrogen-bond donors (Lipinski definition) is 2. The molecule has 0 unspecified atom stereocenters. The highest BCUT2D eigenvalue weighted by atomic mass is 16.5. The van der Waals surface area contributed by atoms with Gasteiger partial charge in [-0.3, -0.25) is 5.41 Å². The van der Waals surface area contributed by atoms with Gasteiger partial charge < -0.3 is 15.4 Å². The summed E-state index contributed by atoms with van der Waals surface area (Å²) in [6.45, 7) is 4.33. The lowest BCUT2D eigenvalue weighted by Gasteiger charge is -2.31. The topological polar surface area (TPSA) is 62.3 Å². The fourth-order valence-electron chi connectivity index (χ4n) is 2.11. The summed E-state index contributed by atoms with van der Waals surface area (Å²) in [5.74, 6) is 1.06. The second-order valence-corrected chi connectivity index (χ2v) is 4.37. The molecule has 0 saturated carbocycles. The van der Waals surface area contributed by atoms with Crippen LogP contribution in [-0.4, -0.2) is 44.1 Å². The van der Waals surface area contributed by atoms with Gasteiger partial charge in [-0.2, -0.15) is 0 Å². The summed E-state index contributed by atoms with van der Waals surface area (Å²) < 4.78 is 5.17. The molecule has 0 radical (unpaired) electrons. The van der Waals surface area contributed by atoms with E-state index >= 15 is 0 Å². The molecule has 0 aliphatic carbocycles. The van der Waals surface area contributed by atoms with Gasteiger partial charge in [0.15, 0.2) is 0 Å². The Morgan fingerprint density at radius 3 is 2.67 bits per heavy atom. The first-order chi connectivity index (χ1) is 7.22. The van der Waals surface area contributed by atoms with E-state index in [-0.39, 0.29) is 0 Å². The summed E-state index contributed by atoms with van der Waals surface area (Å²) in [6, 6.07) is 0. The third kappa shape index (κ3) is 5.14. The van der Waals surface area contributed by atoms with Gasteiger partial charge in [0, 0.05) is 20.1 Å². The van der Waals surface area contributed by atoms with Crippen LogP contribution in [0.3, 0.4) is 0 Å². The van der Waals surface area contributed by atoms with Crippen molar-refractivity contribution in [3.05, 3.63) is 0 Å². The van der Waals surface area contributed by atoms with Crippen LogP contribution in [0.1, 0.15) is 25.7 Å². The van der Waals surface area contributed by atoms with Gasteiger partial charge >= 0.3 is 0 Å². The predicted molar refractivity (Wildman–Crippen MR) is 62.2 cm³/mol. The molecule has 4 nitrogen and oxygen atoms in total. The number of amidine groups is 1. The molecule has 1 aliphatic rings. The van der Waals surface area contributed by atoms with Crippen molar-refractivity contribution in [3.8, 4) is 0 Å². The Labute approximate surface area is 92.3 Å². The quantitative estimate of drug-likeness (QED) is 0.512. The normalized spacial score (nSPS) is 19.3. The summed E-state index contributed by atoms with van der Waals surface area (Å²) in [7, 11) is 1.78. The number of piperidine rings is 1. The van der Waals surface area contributed by atoms with Gasteiger partial charge in [-0.15, -0.1) is 0 Å². The fraction of sp³-hybridized carbons (Fsp3) is 0.909. The van der Waals surface area contributed by atoms with E-state index in [2.05, 4.69) is 4.90 Å². The second kappa shape index (κ2) is 6.80. The summed E-state index contributed by atoms with van der Waals surface area (Å²) in [5, 5.41) is 7.14. The van der Waals surface area contributed by atoms with E-state index in [9.17, 15) is 0 Å². The van der Waals surface area contributed by atoms with Crippen LogP contribution in [0.25, 0.3) is 0 Å². The molecule has 1 fully saturated rings. The molecule has 1 aliphatic heterocycles. The highest BCUT2D eigenvalue weighted by Crippen LogP contribution is 2.17. The summed E-state index contributed by atoms with van der Waals surface area (Å²) in [4.78, 5) is 2.47. The Hall–Kier alpha value is -0.610. The van der Waals surface area contributed by atoms with Crippen molar-refractivity contribution in [1.82, 2.24) is 4.90 Å². The second-order valence-electron chi connectivity index (χ2n) is 4.37. The van der Waals surface area contributed by atoms with Gasteiger partial charge in [0.2, 0.25) is 0 Å². The molecule has 0 aromatic rings. The molecule has 0 spiro atoms. The number of likely N-dealkylation sites (tertiary alicyclic amines) is 1. The van der Waals surface area contributed by atoms with Crippen molar-refractivity contribution in [3.63, 3.8) is 0 Å². The Morgan fingerprint density at radius 2 is 2.13 bits per heavy atom. The van der Waals surface area contributed by atoms with Crippen LogP contribution in [0.5, 0.6) is 0 Å². The van der Waals surface area contributed by atoms with Gasteiger partial charge in [0.1, 0.15) is 0 Å². The van der Waals surface area contributed by atoms with Crippen molar-refractivity contribution in [1.29, 1.82) is 5.41 Å². The number of nitrogens with one attached hydrogen (secondary N) is 1. The molecule has 0 aromatic carbocycles. The molecule has 15 heavy (non-hydrogen) atoms. The van der Waals surface area contributed by atoms with E-state index in [0.29, 0.717) is 5.84 Å². The molecule has 88 valence electrons.